The summed E-state index contributed by atoms with van der Waals surface area (Å²) in [5.74, 6) is 0.469. The molecule has 0 aliphatic rings. The SMILES string of the molecule is CONC(=O)c1c(C)oc2ccc(NS(=O)(=O)c3ccc(OC)cc3)cc12. The van der Waals surface area contributed by atoms with Gasteiger partial charge in [0.05, 0.1) is 24.7 Å². The third kappa shape index (κ3) is 3.74. The molecule has 27 heavy (non-hydrogen) atoms. The molecule has 0 bridgehead atoms. The lowest BCUT2D eigenvalue weighted by Gasteiger charge is -2.09. The molecule has 0 aliphatic heterocycles. The molecule has 0 saturated heterocycles. The van der Waals surface area contributed by atoms with E-state index < -0.39 is 15.9 Å². The monoisotopic (exact) mass is 390 g/mol. The quantitative estimate of drug-likeness (QED) is 0.627. The first-order valence-corrected chi connectivity index (χ1v) is 9.37. The largest absolute Gasteiger partial charge is 0.497 e. The molecule has 8 nitrogen and oxygen atoms in total. The van der Waals surface area contributed by atoms with E-state index in [1.54, 1.807) is 31.2 Å². The van der Waals surface area contributed by atoms with E-state index in [-0.39, 0.29) is 10.5 Å². The van der Waals surface area contributed by atoms with Crippen molar-refractivity contribution in [2.24, 2.45) is 0 Å². The number of furan rings is 1. The number of fused-ring (bicyclic) bond motifs is 1. The van der Waals surface area contributed by atoms with E-state index in [0.29, 0.717) is 28.2 Å². The van der Waals surface area contributed by atoms with E-state index in [0.717, 1.165) is 0 Å². The molecule has 0 unspecified atom stereocenters. The van der Waals surface area contributed by atoms with E-state index >= 15 is 0 Å². The second-order valence-corrected chi connectivity index (χ2v) is 7.34. The molecule has 2 N–H and O–H groups in total. The van der Waals surface area contributed by atoms with E-state index in [1.165, 1.54) is 32.4 Å². The Morgan fingerprint density at radius 3 is 2.41 bits per heavy atom. The number of aryl methyl sites for hydroxylation is 1. The van der Waals surface area contributed by atoms with Crippen LogP contribution < -0.4 is 14.9 Å². The number of anilines is 1. The number of amides is 1. The smallest absolute Gasteiger partial charge is 0.279 e. The van der Waals surface area contributed by atoms with Crippen LogP contribution in [-0.2, 0) is 14.9 Å². The van der Waals surface area contributed by atoms with Crippen molar-refractivity contribution in [1.29, 1.82) is 0 Å². The Bertz CT molecular complexity index is 1090. The van der Waals surface area contributed by atoms with Crippen LogP contribution in [0.5, 0.6) is 5.75 Å². The van der Waals surface area contributed by atoms with Gasteiger partial charge >= 0.3 is 0 Å². The Morgan fingerprint density at radius 1 is 1.07 bits per heavy atom. The molecule has 1 amide bonds. The van der Waals surface area contributed by atoms with Crippen LogP contribution in [0.3, 0.4) is 0 Å². The maximum atomic E-state index is 12.6. The van der Waals surface area contributed by atoms with E-state index in [4.69, 9.17) is 9.15 Å². The van der Waals surface area contributed by atoms with Crippen molar-refractivity contribution in [3.63, 3.8) is 0 Å². The summed E-state index contributed by atoms with van der Waals surface area (Å²) < 4.78 is 38.3. The summed E-state index contributed by atoms with van der Waals surface area (Å²) in [5.41, 5.74) is 3.27. The van der Waals surface area contributed by atoms with Gasteiger partial charge in [-0.05, 0) is 49.4 Å². The number of sulfonamides is 1. The highest BCUT2D eigenvalue weighted by atomic mass is 32.2. The van der Waals surface area contributed by atoms with Crippen LogP contribution >= 0.6 is 0 Å². The van der Waals surface area contributed by atoms with Gasteiger partial charge in [0, 0.05) is 11.1 Å². The summed E-state index contributed by atoms with van der Waals surface area (Å²) >= 11 is 0. The molecule has 0 spiro atoms. The number of benzene rings is 2. The zero-order valence-corrected chi connectivity index (χ0v) is 15.7. The predicted octanol–water partition coefficient (Wildman–Crippen LogP) is 2.84. The Morgan fingerprint density at radius 2 is 1.78 bits per heavy atom. The highest BCUT2D eigenvalue weighted by Crippen LogP contribution is 2.29. The van der Waals surface area contributed by atoms with E-state index in [1.807, 2.05) is 0 Å². The number of carbonyl (C=O) groups excluding carboxylic acids is 1. The molecule has 1 aromatic heterocycles. The van der Waals surface area contributed by atoms with Crippen molar-refractivity contribution < 1.29 is 27.2 Å². The van der Waals surface area contributed by atoms with Gasteiger partial charge in [0.2, 0.25) is 0 Å². The Hall–Kier alpha value is -3.04. The van der Waals surface area contributed by atoms with Gasteiger partial charge in [0.15, 0.2) is 0 Å². The second-order valence-electron chi connectivity index (χ2n) is 5.66. The maximum Gasteiger partial charge on any atom is 0.279 e. The summed E-state index contributed by atoms with van der Waals surface area (Å²) in [4.78, 5) is 16.9. The third-order valence-electron chi connectivity index (χ3n) is 3.91. The highest BCUT2D eigenvalue weighted by Gasteiger charge is 2.20. The molecule has 3 rings (SSSR count). The third-order valence-corrected chi connectivity index (χ3v) is 5.30. The van der Waals surface area contributed by atoms with Crippen molar-refractivity contribution in [2.75, 3.05) is 18.9 Å². The van der Waals surface area contributed by atoms with Gasteiger partial charge in [-0.1, -0.05) is 0 Å². The molecule has 0 saturated carbocycles. The molecule has 0 atom stereocenters. The summed E-state index contributed by atoms with van der Waals surface area (Å²) in [6.07, 6.45) is 0. The number of methoxy groups -OCH3 is 1. The summed E-state index contributed by atoms with van der Waals surface area (Å²) in [6, 6.07) is 10.7. The van der Waals surface area contributed by atoms with Gasteiger partial charge in [-0.3, -0.25) is 14.4 Å². The Labute approximate surface area is 156 Å². The molecular weight excluding hydrogens is 372 g/mol. The Balaban J connectivity index is 1.96. The molecule has 0 fully saturated rings. The molecule has 3 aromatic rings. The molecule has 1 heterocycles. The first-order chi connectivity index (χ1) is 12.9. The molecule has 2 aromatic carbocycles. The minimum absolute atomic E-state index is 0.0871. The predicted molar refractivity (Wildman–Crippen MR) is 99.2 cm³/mol. The zero-order chi connectivity index (χ0) is 19.6. The fourth-order valence-corrected chi connectivity index (χ4v) is 3.73. The van der Waals surface area contributed by atoms with Gasteiger partial charge in [0.1, 0.15) is 17.1 Å². The number of hydrogen-bond acceptors (Lipinski definition) is 6. The van der Waals surface area contributed by atoms with Crippen LogP contribution in [0.15, 0.2) is 51.8 Å². The number of ether oxygens (including phenoxy) is 1. The first kappa shape index (κ1) is 18.7. The summed E-state index contributed by atoms with van der Waals surface area (Å²) in [5, 5.41) is 0.469. The number of nitrogens with one attached hydrogen (secondary N) is 2. The van der Waals surface area contributed by atoms with Crippen molar-refractivity contribution >= 4 is 32.6 Å². The molecule has 0 aliphatic carbocycles. The number of rotatable bonds is 6. The Kier molecular flexibility index (Phi) is 5.06. The minimum atomic E-state index is -3.80. The van der Waals surface area contributed by atoms with Crippen LogP contribution in [0.25, 0.3) is 11.0 Å². The number of hydroxylamine groups is 1. The van der Waals surface area contributed by atoms with Crippen molar-refractivity contribution in [3.05, 3.63) is 53.8 Å². The maximum absolute atomic E-state index is 12.6. The summed E-state index contributed by atoms with van der Waals surface area (Å²) in [6.45, 7) is 1.64. The fourth-order valence-electron chi connectivity index (χ4n) is 2.68. The lowest BCUT2D eigenvalue weighted by Crippen LogP contribution is -2.22. The molecule has 9 heteroatoms. The van der Waals surface area contributed by atoms with Gasteiger partial charge in [0.25, 0.3) is 15.9 Å². The van der Waals surface area contributed by atoms with Crippen LogP contribution in [0, 0.1) is 6.92 Å². The molecular formula is C18H18N2O6S. The average molecular weight is 390 g/mol. The van der Waals surface area contributed by atoms with Crippen LogP contribution in [0.2, 0.25) is 0 Å². The van der Waals surface area contributed by atoms with Crippen molar-refractivity contribution in [2.45, 2.75) is 11.8 Å². The van der Waals surface area contributed by atoms with Crippen LogP contribution in [-0.4, -0.2) is 28.5 Å². The lowest BCUT2D eigenvalue weighted by molar-refractivity contribution is 0.0537. The van der Waals surface area contributed by atoms with Gasteiger partial charge in [-0.15, -0.1) is 0 Å². The van der Waals surface area contributed by atoms with Crippen molar-refractivity contribution in [1.82, 2.24) is 5.48 Å². The number of carbonyl (C=O) groups is 1. The van der Waals surface area contributed by atoms with Gasteiger partial charge in [-0.2, -0.15) is 0 Å². The normalized spacial score (nSPS) is 11.4. The lowest BCUT2D eigenvalue weighted by atomic mass is 10.1. The van der Waals surface area contributed by atoms with Crippen molar-refractivity contribution in [3.8, 4) is 5.75 Å². The van der Waals surface area contributed by atoms with Crippen LogP contribution in [0.4, 0.5) is 5.69 Å². The standard InChI is InChI=1S/C18H18N2O6S/c1-11-17(18(21)19-25-3)15-10-12(4-9-16(15)26-11)20-27(22,23)14-7-5-13(24-2)6-8-14/h4-10,20H,1-3H3,(H,19,21). The molecule has 0 radical (unpaired) electrons. The molecule has 142 valence electrons. The average Bonchev–Trinajstić information content (AvgIpc) is 2.96. The van der Waals surface area contributed by atoms with Crippen LogP contribution in [0.1, 0.15) is 16.1 Å². The van der Waals surface area contributed by atoms with E-state index in [2.05, 4.69) is 15.0 Å². The first-order valence-electron chi connectivity index (χ1n) is 7.89. The van der Waals surface area contributed by atoms with Gasteiger partial charge < -0.3 is 9.15 Å². The fraction of sp³-hybridized carbons (Fsp3) is 0.167. The summed E-state index contributed by atoms with van der Waals surface area (Å²) in [7, 11) is -0.980. The minimum Gasteiger partial charge on any atom is -0.497 e. The second kappa shape index (κ2) is 7.29. The van der Waals surface area contributed by atoms with Gasteiger partial charge in [-0.25, -0.2) is 13.9 Å². The topological polar surface area (TPSA) is 107 Å². The number of hydrogen-bond donors (Lipinski definition) is 2. The zero-order valence-electron chi connectivity index (χ0n) is 14.9. The van der Waals surface area contributed by atoms with E-state index in [9.17, 15) is 13.2 Å². The highest BCUT2D eigenvalue weighted by molar-refractivity contribution is 7.92.